The number of ketones is 1. The number of aromatic nitrogens is 1. The molecule has 6 heteroatoms. The SMILES string of the molecule is CCCC(=O)N1CCN(c2cc3c(Cc4ccccc4)c(C(=O)CC4CC4)cnc3cc2F)CC1. The Morgan fingerprint density at radius 3 is 2.49 bits per heavy atom. The van der Waals surface area contributed by atoms with Gasteiger partial charge in [-0.2, -0.15) is 0 Å². The van der Waals surface area contributed by atoms with Crippen LogP contribution < -0.4 is 4.90 Å². The number of benzene rings is 2. The standard InChI is InChI=1S/C29H32FN3O2/c1-2-6-29(35)33-13-11-32(12-14-33)27-17-23-22(15-20-7-4-3-5-8-20)24(28(34)16-21-9-10-21)19-31-26(23)18-25(27)30/h3-5,7-8,17-19,21H,2,6,9-16H2,1H3. The number of carbonyl (C=O) groups excluding carboxylic acids is 2. The highest BCUT2D eigenvalue weighted by Gasteiger charge is 2.28. The Balaban J connectivity index is 1.50. The molecule has 5 nitrogen and oxygen atoms in total. The van der Waals surface area contributed by atoms with E-state index in [1.807, 2.05) is 41.0 Å². The predicted octanol–water partition coefficient (Wildman–Crippen LogP) is 5.40. The van der Waals surface area contributed by atoms with Crippen molar-refractivity contribution in [2.45, 2.75) is 45.4 Å². The molecule has 3 aromatic rings. The summed E-state index contributed by atoms with van der Waals surface area (Å²) in [7, 11) is 0. The second kappa shape index (κ2) is 10.1. The molecule has 1 saturated heterocycles. The molecule has 1 aromatic heterocycles. The lowest BCUT2D eigenvalue weighted by Crippen LogP contribution is -2.49. The van der Waals surface area contributed by atoms with Crippen LogP contribution in [0.3, 0.4) is 0 Å². The summed E-state index contributed by atoms with van der Waals surface area (Å²) in [5, 5.41) is 0.830. The Hall–Kier alpha value is -3.28. The lowest BCUT2D eigenvalue weighted by atomic mass is 9.93. The molecule has 0 bridgehead atoms. The number of anilines is 1. The minimum Gasteiger partial charge on any atom is -0.366 e. The lowest BCUT2D eigenvalue weighted by Gasteiger charge is -2.36. The highest BCUT2D eigenvalue weighted by molar-refractivity contribution is 6.02. The van der Waals surface area contributed by atoms with Crippen molar-refractivity contribution in [3.63, 3.8) is 0 Å². The molecular weight excluding hydrogens is 441 g/mol. The van der Waals surface area contributed by atoms with Gasteiger partial charge in [0.15, 0.2) is 5.78 Å². The van der Waals surface area contributed by atoms with Gasteiger partial charge in [-0.1, -0.05) is 37.3 Å². The van der Waals surface area contributed by atoms with Gasteiger partial charge >= 0.3 is 0 Å². The van der Waals surface area contributed by atoms with Gasteiger partial charge in [0, 0.05) is 62.2 Å². The quantitative estimate of drug-likeness (QED) is 0.411. The monoisotopic (exact) mass is 473 g/mol. The smallest absolute Gasteiger partial charge is 0.222 e. The van der Waals surface area contributed by atoms with Crippen LogP contribution in [0.25, 0.3) is 10.9 Å². The van der Waals surface area contributed by atoms with E-state index in [4.69, 9.17) is 0 Å². The van der Waals surface area contributed by atoms with Gasteiger partial charge < -0.3 is 9.80 Å². The van der Waals surface area contributed by atoms with Crippen LogP contribution in [-0.2, 0) is 11.2 Å². The van der Waals surface area contributed by atoms with Gasteiger partial charge in [0.05, 0.1) is 11.2 Å². The fourth-order valence-corrected chi connectivity index (χ4v) is 4.99. The van der Waals surface area contributed by atoms with Crippen molar-refractivity contribution >= 4 is 28.3 Å². The third-order valence-corrected chi connectivity index (χ3v) is 7.18. The van der Waals surface area contributed by atoms with Gasteiger partial charge in [0.1, 0.15) is 5.82 Å². The van der Waals surface area contributed by atoms with Gasteiger partial charge in [-0.25, -0.2) is 4.39 Å². The normalized spacial score (nSPS) is 16.1. The molecule has 0 spiro atoms. The molecule has 182 valence electrons. The molecule has 0 unspecified atom stereocenters. The van der Waals surface area contributed by atoms with Crippen molar-refractivity contribution in [3.05, 3.63) is 71.2 Å². The molecule has 2 aliphatic rings. The fourth-order valence-electron chi connectivity index (χ4n) is 4.99. The number of carbonyl (C=O) groups is 2. The zero-order valence-electron chi connectivity index (χ0n) is 20.3. The van der Waals surface area contributed by atoms with Crippen LogP contribution in [0.15, 0.2) is 48.7 Å². The average molecular weight is 474 g/mol. The summed E-state index contributed by atoms with van der Waals surface area (Å²) in [6.07, 6.45) is 6.40. The van der Waals surface area contributed by atoms with Crippen LogP contribution in [0.4, 0.5) is 10.1 Å². The first-order chi connectivity index (χ1) is 17.0. The van der Waals surface area contributed by atoms with Gasteiger partial charge in [-0.05, 0) is 48.8 Å². The number of nitrogens with zero attached hydrogens (tertiary/aromatic N) is 3. The van der Waals surface area contributed by atoms with E-state index in [2.05, 4.69) is 17.1 Å². The zero-order chi connectivity index (χ0) is 24.4. The predicted molar refractivity (Wildman–Crippen MR) is 136 cm³/mol. The van der Waals surface area contributed by atoms with E-state index in [1.54, 1.807) is 6.20 Å². The molecule has 2 aromatic carbocycles. The lowest BCUT2D eigenvalue weighted by molar-refractivity contribution is -0.131. The maximum atomic E-state index is 15.2. The third kappa shape index (κ3) is 5.21. The van der Waals surface area contributed by atoms with Crippen molar-refractivity contribution in [2.75, 3.05) is 31.1 Å². The Kier molecular flexibility index (Phi) is 6.80. The molecule has 0 atom stereocenters. The second-order valence-electron chi connectivity index (χ2n) is 9.82. The van der Waals surface area contributed by atoms with Crippen LogP contribution in [-0.4, -0.2) is 47.8 Å². The number of hydrogen-bond donors (Lipinski definition) is 0. The number of rotatable bonds is 8. The number of amides is 1. The summed E-state index contributed by atoms with van der Waals surface area (Å²) in [5.41, 5.74) is 3.76. The zero-order valence-corrected chi connectivity index (χ0v) is 20.3. The maximum absolute atomic E-state index is 15.2. The summed E-state index contributed by atoms with van der Waals surface area (Å²) in [6.45, 7) is 4.35. The Morgan fingerprint density at radius 1 is 1.06 bits per heavy atom. The highest BCUT2D eigenvalue weighted by Crippen LogP contribution is 2.36. The summed E-state index contributed by atoms with van der Waals surface area (Å²) >= 11 is 0. The van der Waals surface area contributed by atoms with E-state index in [0.717, 1.165) is 35.8 Å². The number of piperazine rings is 1. The molecule has 0 radical (unpaired) electrons. The van der Waals surface area contributed by atoms with E-state index in [0.29, 0.717) is 68.1 Å². The highest BCUT2D eigenvalue weighted by atomic mass is 19.1. The largest absolute Gasteiger partial charge is 0.366 e. The van der Waals surface area contributed by atoms with Gasteiger partial charge in [0.25, 0.3) is 0 Å². The molecule has 1 aliphatic heterocycles. The number of halogens is 1. The molecule has 1 saturated carbocycles. The Bertz CT molecular complexity index is 1230. The Morgan fingerprint density at radius 2 is 1.80 bits per heavy atom. The van der Waals surface area contributed by atoms with E-state index in [1.165, 1.54) is 6.07 Å². The van der Waals surface area contributed by atoms with E-state index in [9.17, 15) is 9.59 Å². The molecule has 5 rings (SSSR count). The molecule has 1 aliphatic carbocycles. The van der Waals surface area contributed by atoms with Crippen LogP contribution in [0.5, 0.6) is 0 Å². The van der Waals surface area contributed by atoms with Crippen LogP contribution in [0.2, 0.25) is 0 Å². The Labute approximate surface area is 205 Å². The number of pyridine rings is 1. The number of fused-ring (bicyclic) bond motifs is 1. The summed E-state index contributed by atoms with van der Waals surface area (Å²) < 4.78 is 15.2. The molecule has 2 heterocycles. The van der Waals surface area contributed by atoms with Crippen LogP contribution in [0, 0.1) is 11.7 Å². The van der Waals surface area contributed by atoms with Crippen LogP contribution in [0.1, 0.15) is 60.5 Å². The minimum absolute atomic E-state index is 0.127. The van der Waals surface area contributed by atoms with E-state index in [-0.39, 0.29) is 17.5 Å². The number of Topliss-reactive ketones (excluding diaryl/α,β-unsaturated/α-hetero) is 1. The van der Waals surface area contributed by atoms with Crippen molar-refractivity contribution in [2.24, 2.45) is 5.92 Å². The van der Waals surface area contributed by atoms with Crippen molar-refractivity contribution in [3.8, 4) is 0 Å². The third-order valence-electron chi connectivity index (χ3n) is 7.18. The van der Waals surface area contributed by atoms with E-state index >= 15 is 4.39 Å². The molecular formula is C29H32FN3O2. The molecule has 1 amide bonds. The first-order valence-corrected chi connectivity index (χ1v) is 12.7. The minimum atomic E-state index is -0.318. The summed E-state index contributed by atoms with van der Waals surface area (Å²) in [6, 6.07) is 13.4. The van der Waals surface area contributed by atoms with Crippen molar-refractivity contribution < 1.29 is 14.0 Å². The second-order valence-corrected chi connectivity index (χ2v) is 9.82. The first kappa shape index (κ1) is 23.5. The average Bonchev–Trinajstić information content (AvgIpc) is 3.68. The summed E-state index contributed by atoms with van der Waals surface area (Å²) in [5.74, 6) is 0.459. The van der Waals surface area contributed by atoms with Gasteiger partial charge in [-0.3, -0.25) is 14.6 Å². The molecule has 0 N–H and O–H groups in total. The van der Waals surface area contributed by atoms with Crippen molar-refractivity contribution in [1.82, 2.24) is 9.88 Å². The molecule has 35 heavy (non-hydrogen) atoms. The van der Waals surface area contributed by atoms with E-state index < -0.39 is 0 Å². The van der Waals surface area contributed by atoms with Crippen LogP contribution >= 0.6 is 0 Å². The maximum Gasteiger partial charge on any atom is 0.222 e. The van der Waals surface area contributed by atoms with Gasteiger partial charge in [0.2, 0.25) is 5.91 Å². The number of hydrogen-bond acceptors (Lipinski definition) is 4. The fraction of sp³-hybridized carbons (Fsp3) is 0.414. The van der Waals surface area contributed by atoms with Gasteiger partial charge in [-0.15, -0.1) is 0 Å². The summed E-state index contributed by atoms with van der Waals surface area (Å²) in [4.78, 5) is 33.9. The molecule has 2 fully saturated rings. The topological polar surface area (TPSA) is 53.5 Å². The first-order valence-electron chi connectivity index (χ1n) is 12.7. The van der Waals surface area contributed by atoms with Crippen molar-refractivity contribution in [1.29, 1.82) is 0 Å².